The molecule has 3 rings (SSSR count). The standard InChI is InChI=1S/C16H20N2O3/c1-18-9-11-13(8-7-12(17)14(11)15(18)19)21-16(20)10-5-3-2-4-6-10/h7-8,10H,2-6,9,17H2,1H3. The monoisotopic (exact) mass is 288 g/mol. The highest BCUT2D eigenvalue weighted by atomic mass is 16.5. The van der Waals surface area contributed by atoms with E-state index in [1.54, 1.807) is 24.1 Å². The molecule has 1 fully saturated rings. The molecule has 1 saturated carbocycles. The van der Waals surface area contributed by atoms with E-state index in [1.807, 2.05) is 0 Å². The number of benzene rings is 1. The van der Waals surface area contributed by atoms with Crippen LogP contribution in [-0.2, 0) is 11.3 Å². The Hall–Kier alpha value is -2.04. The molecule has 2 aliphatic rings. The van der Waals surface area contributed by atoms with Gasteiger partial charge in [-0.1, -0.05) is 19.3 Å². The normalized spacial score (nSPS) is 18.7. The molecule has 0 unspecified atom stereocenters. The Balaban J connectivity index is 1.84. The fourth-order valence-electron chi connectivity index (χ4n) is 3.18. The van der Waals surface area contributed by atoms with Crippen molar-refractivity contribution in [3.8, 4) is 5.75 Å². The second kappa shape index (κ2) is 5.39. The molecule has 1 aliphatic carbocycles. The van der Waals surface area contributed by atoms with E-state index < -0.39 is 0 Å². The first-order valence-electron chi connectivity index (χ1n) is 7.46. The molecule has 0 saturated heterocycles. The molecular formula is C16H20N2O3. The lowest BCUT2D eigenvalue weighted by molar-refractivity contribution is -0.140. The first kappa shape index (κ1) is 13.9. The van der Waals surface area contributed by atoms with E-state index in [0.29, 0.717) is 23.5 Å². The predicted molar refractivity (Wildman–Crippen MR) is 78.9 cm³/mol. The van der Waals surface area contributed by atoms with Gasteiger partial charge in [0.15, 0.2) is 0 Å². The number of anilines is 1. The van der Waals surface area contributed by atoms with Crippen molar-refractivity contribution in [2.45, 2.75) is 38.6 Å². The maximum atomic E-state index is 12.3. The maximum Gasteiger partial charge on any atom is 0.314 e. The van der Waals surface area contributed by atoms with Gasteiger partial charge in [-0.05, 0) is 25.0 Å². The second-order valence-electron chi connectivity index (χ2n) is 5.92. The van der Waals surface area contributed by atoms with Crippen molar-refractivity contribution in [1.82, 2.24) is 4.90 Å². The number of hydrogen-bond acceptors (Lipinski definition) is 4. The van der Waals surface area contributed by atoms with Gasteiger partial charge in [0.05, 0.1) is 18.0 Å². The van der Waals surface area contributed by atoms with E-state index >= 15 is 0 Å². The highest BCUT2D eigenvalue weighted by Gasteiger charge is 2.31. The molecule has 1 amide bonds. The summed E-state index contributed by atoms with van der Waals surface area (Å²) in [6.45, 7) is 0.437. The van der Waals surface area contributed by atoms with Crippen LogP contribution in [-0.4, -0.2) is 23.8 Å². The lowest BCUT2D eigenvalue weighted by atomic mass is 9.89. The van der Waals surface area contributed by atoms with Crippen LogP contribution < -0.4 is 10.5 Å². The van der Waals surface area contributed by atoms with Gasteiger partial charge in [-0.25, -0.2) is 0 Å². The first-order valence-corrected chi connectivity index (χ1v) is 7.46. The van der Waals surface area contributed by atoms with Gasteiger partial charge in [0.2, 0.25) is 0 Å². The number of amides is 1. The van der Waals surface area contributed by atoms with Gasteiger partial charge in [-0.15, -0.1) is 0 Å². The quantitative estimate of drug-likeness (QED) is 0.515. The summed E-state index contributed by atoms with van der Waals surface area (Å²) in [6.07, 6.45) is 5.16. The van der Waals surface area contributed by atoms with Crippen molar-refractivity contribution in [3.05, 3.63) is 23.3 Å². The Labute approximate surface area is 124 Å². The number of hydrogen-bond donors (Lipinski definition) is 1. The number of ether oxygens (including phenoxy) is 1. The van der Waals surface area contributed by atoms with Crippen molar-refractivity contribution in [1.29, 1.82) is 0 Å². The highest BCUT2D eigenvalue weighted by Crippen LogP contribution is 2.35. The molecule has 1 aromatic rings. The van der Waals surface area contributed by atoms with Crippen LogP contribution in [0.5, 0.6) is 5.75 Å². The smallest absolute Gasteiger partial charge is 0.314 e. The largest absolute Gasteiger partial charge is 0.426 e. The second-order valence-corrected chi connectivity index (χ2v) is 5.92. The van der Waals surface area contributed by atoms with Crippen LogP contribution in [0.15, 0.2) is 12.1 Å². The molecule has 0 radical (unpaired) electrons. The summed E-state index contributed by atoms with van der Waals surface area (Å²) in [5.41, 5.74) is 7.53. The van der Waals surface area contributed by atoms with Gasteiger partial charge in [0, 0.05) is 18.3 Å². The molecule has 1 heterocycles. The van der Waals surface area contributed by atoms with E-state index in [0.717, 1.165) is 31.2 Å². The minimum absolute atomic E-state index is 0.0122. The molecule has 5 heteroatoms. The van der Waals surface area contributed by atoms with Crippen molar-refractivity contribution < 1.29 is 14.3 Å². The van der Waals surface area contributed by atoms with Gasteiger partial charge >= 0.3 is 5.97 Å². The van der Waals surface area contributed by atoms with Crippen molar-refractivity contribution in [2.75, 3.05) is 12.8 Å². The number of nitrogens with zero attached hydrogens (tertiary/aromatic N) is 1. The Morgan fingerprint density at radius 3 is 2.71 bits per heavy atom. The molecule has 2 N–H and O–H groups in total. The number of rotatable bonds is 2. The molecule has 0 spiro atoms. The molecule has 0 bridgehead atoms. The summed E-state index contributed by atoms with van der Waals surface area (Å²) in [5, 5.41) is 0. The van der Waals surface area contributed by atoms with E-state index in [4.69, 9.17) is 10.5 Å². The lowest BCUT2D eigenvalue weighted by Gasteiger charge is -2.20. The highest BCUT2D eigenvalue weighted by molar-refractivity contribution is 6.03. The van der Waals surface area contributed by atoms with Gasteiger partial charge in [-0.2, -0.15) is 0 Å². The zero-order valence-corrected chi connectivity index (χ0v) is 12.2. The van der Waals surface area contributed by atoms with E-state index in [9.17, 15) is 9.59 Å². The lowest BCUT2D eigenvalue weighted by Crippen LogP contribution is -2.23. The minimum atomic E-state index is -0.177. The van der Waals surface area contributed by atoms with Crippen LogP contribution in [0.3, 0.4) is 0 Å². The van der Waals surface area contributed by atoms with Crippen LogP contribution in [0.2, 0.25) is 0 Å². The van der Waals surface area contributed by atoms with Crippen molar-refractivity contribution in [3.63, 3.8) is 0 Å². The Bertz CT molecular complexity index is 591. The zero-order chi connectivity index (χ0) is 15.0. The third-order valence-electron chi connectivity index (χ3n) is 4.41. The van der Waals surface area contributed by atoms with Crippen LogP contribution in [0.25, 0.3) is 0 Å². The molecule has 0 aromatic heterocycles. The van der Waals surface area contributed by atoms with Crippen LogP contribution in [0, 0.1) is 5.92 Å². The van der Waals surface area contributed by atoms with E-state index in [-0.39, 0.29) is 17.8 Å². The SMILES string of the molecule is CN1Cc2c(OC(=O)C3CCCCC3)ccc(N)c2C1=O. The number of carbonyl (C=O) groups excluding carboxylic acids is 2. The molecule has 1 aromatic carbocycles. The van der Waals surface area contributed by atoms with Crippen molar-refractivity contribution >= 4 is 17.6 Å². The summed E-state index contributed by atoms with van der Waals surface area (Å²) in [4.78, 5) is 25.9. The Morgan fingerprint density at radius 2 is 2.00 bits per heavy atom. The van der Waals surface area contributed by atoms with E-state index in [2.05, 4.69) is 0 Å². The zero-order valence-electron chi connectivity index (χ0n) is 12.2. The number of esters is 1. The Kier molecular flexibility index (Phi) is 3.57. The topological polar surface area (TPSA) is 72.6 Å². The van der Waals surface area contributed by atoms with Crippen LogP contribution >= 0.6 is 0 Å². The van der Waals surface area contributed by atoms with Gasteiger partial charge in [0.1, 0.15) is 5.75 Å². The van der Waals surface area contributed by atoms with Gasteiger partial charge in [0.25, 0.3) is 5.91 Å². The number of nitrogen functional groups attached to an aromatic ring is 1. The molecule has 0 atom stereocenters. The summed E-state index contributed by atoms with van der Waals surface area (Å²) in [6, 6.07) is 3.33. The van der Waals surface area contributed by atoms with Crippen molar-refractivity contribution in [2.24, 2.45) is 5.92 Å². The summed E-state index contributed by atoms with van der Waals surface area (Å²) in [7, 11) is 1.72. The molecule has 21 heavy (non-hydrogen) atoms. The predicted octanol–water partition coefficient (Wildman–Crippen LogP) is 2.34. The third kappa shape index (κ3) is 2.48. The van der Waals surface area contributed by atoms with Gasteiger partial charge in [-0.3, -0.25) is 9.59 Å². The van der Waals surface area contributed by atoms with Crippen LogP contribution in [0.1, 0.15) is 48.0 Å². The fraction of sp³-hybridized carbons (Fsp3) is 0.500. The molecule has 5 nitrogen and oxygen atoms in total. The average molecular weight is 288 g/mol. The maximum absolute atomic E-state index is 12.3. The first-order chi connectivity index (χ1) is 10.1. The Morgan fingerprint density at radius 1 is 1.29 bits per heavy atom. The number of carbonyl (C=O) groups is 2. The number of fused-ring (bicyclic) bond motifs is 1. The molecule has 1 aliphatic heterocycles. The van der Waals surface area contributed by atoms with Gasteiger partial charge < -0.3 is 15.4 Å². The third-order valence-corrected chi connectivity index (χ3v) is 4.41. The van der Waals surface area contributed by atoms with E-state index in [1.165, 1.54) is 6.42 Å². The average Bonchev–Trinajstić information content (AvgIpc) is 2.80. The summed E-state index contributed by atoms with van der Waals surface area (Å²) < 4.78 is 5.58. The summed E-state index contributed by atoms with van der Waals surface area (Å²) in [5.74, 6) is 0.177. The minimum Gasteiger partial charge on any atom is -0.426 e. The fourth-order valence-corrected chi connectivity index (χ4v) is 3.18. The molecular weight excluding hydrogens is 268 g/mol. The van der Waals surface area contributed by atoms with Crippen LogP contribution in [0.4, 0.5) is 5.69 Å². The number of nitrogens with two attached hydrogens (primary N) is 1. The summed E-state index contributed by atoms with van der Waals surface area (Å²) >= 11 is 0. The molecule has 112 valence electrons.